The van der Waals surface area contributed by atoms with E-state index in [4.69, 9.17) is 27.9 Å². The number of amides is 1. The van der Waals surface area contributed by atoms with E-state index in [1.54, 1.807) is 18.2 Å². The number of para-hydroxylation sites is 1. The smallest absolute Gasteiger partial charge is 0.257 e. The molecule has 2 aromatic carbocycles. The molecule has 0 bridgehead atoms. The molecule has 3 nitrogen and oxygen atoms in total. The minimum atomic E-state index is 0.0281. The number of carbonyl (C=O) groups excluding carboxylic acids is 1. The highest BCUT2D eigenvalue weighted by molar-refractivity contribution is 6.35. The van der Waals surface area contributed by atoms with Crippen LogP contribution in [0.2, 0.25) is 10.0 Å². The van der Waals surface area contributed by atoms with Gasteiger partial charge in [-0.3, -0.25) is 4.79 Å². The van der Waals surface area contributed by atoms with Gasteiger partial charge in [-0.05, 0) is 37.1 Å². The van der Waals surface area contributed by atoms with Crippen LogP contribution in [0.5, 0.6) is 5.75 Å². The maximum absolute atomic E-state index is 12.6. The van der Waals surface area contributed by atoms with Crippen molar-refractivity contribution < 1.29 is 9.53 Å². The maximum Gasteiger partial charge on any atom is 0.257 e. The lowest BCUT2D eigenvalue weighted by Gasteiger charge is -2.18. The summed E-state index contributed by atoms with van der Waals surface area (Å²) in [6.07, 6.45) is 2.13. The van der Waals surface area contributed by atoms with Crippen LogP contribution in [-0.2, 0) is 6.61 Å². The zero-order valence-corrected chi connectivity index (χ0v) is 14.1. The van der Waals surface area contributed by atoms with Crippen molar-refractivity contribution in [3.8, 4) is 5.75 Å². The first-order valence-electron chi connectivity index (χ1n) is 7.60. The van der Waals surface area contributed by atoms with Crippen molar-refractivity contribution in [2.45, 2.75) is 19.4 Å². The highest BCUT2D eigenvalue weighted by Gasteiger charge is 2.22. The number of hydrogen-bond donors (Lipinski definition) is 0. The molecule has 1 aliphatic rings. The number of rotatable bonds is 4. The molecule has 0 N–H and O–H groups in total. The van der Waals surface area contributed by atoms with E-state index < -0.39 is 0 Å². The van der Waals surface area contributed by atoms with Crippen LogP contribution < -0.4 is 4.74 Å². The maximum atomic E-state index is 12.6. The molecule has 1 fully saturated rings. The number of halogens is 2. The zero-order valence-electron chi connectivity index (χ0n) is 12.6. The second-order valence-electron chi connectivity index (χ2n) is 5.52. The molecular weight excluding hydrogens is 333 g/mol. The number of carbonyl (C=O) groups is 1. The molecule has 23 heavy (non-hydrogen) atoms. The lowest BCUT2D eigenvalue weighted by molar-refractivity contribution is 0.0788. The third kappa shape index (κ3) is 3.80. The summed E-state index contributed by atoms with van der Waals surface area (Å²) < 4.78 is 5.85. The molecular formula is C18H17Cl2NO2. The minimum absolute atomic E-state index is 0.0281. The van der Waals surface area contributed by atoms with Gasteiger partial charge in [0.05, 0.1) is 5.56 Å². The molecule has 2 aromatic rings. The molecule has 0 spiro atoms. The summed E-state index contributed by atoms with van der Waals surface area (Å²) in [6, 6.07) is 12.6. The number of likely N-dealkylation sites (tertiary alicyclic amines) is 1. The Morgan fingerprint density at radius 1 is 1.09 bits per heavy atom. The van der Waals surface area contributed by atoms with Crippen molar-refractivity contribution in [2.75, 3.05) is 13.1 Å². The molecule has 0 radical (unpaired) electrons. The summed E-state index contributed by atoms with van der Waals surface area (Å²) in [5.74, 6) is 0.607. The molecule has 0 aromatic heterocycles. The van der Waals surface area contributed by atoms with Crippen LogP contribution in [0.15, 0.2) is 42.5 Å². The highest BCUT2D eigenvalue weighted by Crippen LogP contribution is 2.26. The van der Waals surface area contributed by atoms with Gasteiger partial charge in [-0.1, -0.05) is 41.4 Å². The summed E-state index contributed by atoms with van der Waals surface area (Å²) in [7, 11) is 0. The van der Waals surface area contributed by atoms with Crippen LogP contribution in [0.4, 0.5) is 0 Å². The van der Waals surface area contributed by atoms with Gasteiger partial charge in [0.1, 0.15) is 12.4 Å². The van der Waals surface area contributed by atoms with E-state index >= 15 is 0 Å². The first-order chi connectivity index (χ1) is 11.1. The van der Waals surface area contributed by atoms with E-state index in [9.17, 15) is 4.79 Å². The van der Waals surface area contributed by atoms with Gasteiger partial charge in [0.15, 0.2) is 0 Å². The Bertz CT molecular complexity index is 712. The molecule has 5 heteroatoms. The fourth-order valence-corrected chi connectivity index (χ4v) is 3.12. The van der Waals surface area contributed by atoms with Crippen LogP contribution in [0.1, 0.15) is 28.8 Å². The summed E-state index contributed by atoms with van der Waals surface area (Å²) in [6.45, 7) is 1.92. The second kappa shape index (κ2) is 7.24. The minimum Gasteiger partial charge on any atom is -0.488 e. The fourth-order valence-electron chi connectivity index (χ4n) is 2.65. The van der Waals surface area contributed by atoms with Crippen LogP contribution in [-0.4, -0.2) is 23.9 Å². The molecule has 0 atom stereocenters. The zero-order chi connectivity index (χ0) is 16.2. The third-order valence-corrected chi connectivity index (χ3v) is 4.50. The summed E-state index contributed by atoms with van der Waals surface area (Å²) in [5.41, 5.74) is 1.43. The van der Waals surface area contributed by atoms with Crippen LogP contribution in [0.3, 0.4) is 0 Å². The van der Waals surface area contributed by atoms with Crippen molar-refractivity contribution in [2.24, 2.45) is 0 Å². The SMILES string of the molecule is O=C(c1ccccc1OCc1ccc(Cl)cc1Cl)N1CCCC1. The first kappa shape index (κ1) is 16.2. The Kier molecular flexibility index (Phi) is 5.09. The van der Waals surface area contributed by atoms with Gasteiger partial charge in [-0.2, -0.15) is 0 Å². The van der Waals surface area contributed by atoms with Crippen molar-refractivity contribution in [3.05, 3.63) is 63.6 Å². The molecule has 1 aliphatic heterocycles. The van der Waals surface area contributed by atoms with Gasteiger partial charge in [0.25, 0.3) is 5.91 Å². The Morgan fingerprint density at radius 3 is 2.57 bits per heavy atom. The normalized spacial score (nSPS) is 14.1. The number of hydrogen-bond acceptors (Lipinski definition) is 2. The van der Waals surface area contributed by atoms with Crippen LogP contribution >= 0.6 is 23.2 Å². The third-order valence-electron chi connectivity index (χ3n) is 3.91. The predicted molar refractivity (Wildman–Crippen MR) is 92.4 cm³/mol. The topological polar surface area (TPSA) is 29.5 Å². The number of nitrogens with zero attached hydrogens (tertiary/aromatic N) is 1. The van der Waals surface area contributed by atoms with Gasteiger partial charge in [-0.15, -0.1) is 0 Å². The predicted octanol–water partition coefficient (Wildman–Crippen LogP) is 4.81. The van der Waals surface area contributed by atoms with E-state index in [0.717, 1.165) is 31.5 Å². The van der Waals surface area contributed by atoms with E-state index in [1.165, 1.54) is 0 Å². The monoisotopic (exact) mass is 349 g/mol. The van der Waals surface area contributed by atoms with E-state index in [1.807, 2.05) is 29.2 Å². The van der Waals surface area contributed by atoms with Crippen LogP contribution in [0.25, 0.3) is 0 Å². The largest absolute Gasteiger partial charge is 0.488 e. The average molecular weight is 350 g/mol. The summed E-state index contributed by atoms with van der Waals surface area (Å²) >= 11 is 12.1. The van der Waals surface area contributed by atoms with Crippen molar-refractivity contribution in [1.82, 2.24) is 4.90 Å². The molecule has 0 aliphatic carbocycles. The van der Waals surface area contributed by atoms with Gasteiger partial charge in [0, 0.05) is 28.7 Å². The lowest BCUT2D eigenvalue weighted by atomic mass is 10.1. The molecule has 1 saturated heterocycles. The van der Waals surface area contributed by atoms with E-state index in [-0.39, 0.29) is 5.91 Å². The highest BCUT2D eigenvalue weighted by atomic mass is 35.5. The van der Waals surface area contributed by atoms with E-state index in [0.29, 0.717) is 28.0 Å². The quantitative estimate of drug-likeness (QED) is 0.792. The first-order valence-corrected chi connectivity index (χ1v) is 8.36. The Labute approximate surface area is 145 Å². The Balaban J connectivity index is 1.76. The Morgan fingerprint density at radius 2 is 1.83 bits per heavy atom. The molecule has 1 amide bonds. The molecule has 120 valence electrons. The van der Waals surface area contributed by atoms with E-state index in [2.05, 4.69) is 0 Å². The summed E-state index contributed by atoms with van der Waals surface area (Å²) in [5, 5.41) is 1.14. The fraction of sp³-hybridized carbons (Fsp3) is 0.278. The second-order valence-corrected chi connectivity index (χ2v) is 6.36. The van der Waals surface area contributed by atoms with Crippen LogP contribution in [0, 0.1) is 0 Å². The van der Waals surface area contributed by atoms with Gasteiger partial charge < -0.3 is 9.64 Å². The van der Waals surface area contributed by atoms with Crippen molar-refractivity contribution in [1.29, 1.82) is 0 Å². The van der Waals surface area contributed by atoms with Gasteiger partial charge in [0.2, 0.25) is 0 Å². The Hall–Kier alpha value is -1.71. The van der Waals surface area contributed by atoms with Gasteiger partial charge in [-0.25, -0.2) is 0 Å². The standard InChI is InChI=1S/C18H17Cl2NO2/c19-14-8-7-13(16(20)11-14)12-23-17-6-2-1-5-15(17)18(22)21-9-3-4-10-21/h1-2,5-8,11H,3-4,9-10,12H2. The molecule has 3 rings (SSSR count). The average Bonchev–Trinajstić information content (AvgIpc) is 3.08. The molecule has 0 unspecified atom stereocenters. The number of benzene rings is 2. The van der Waals surface area contributed by atoms with Crippen molar-refractivity contribution in [3.63, 3.8) is 0 Å². The molecule has 0 saturated carbocycles. The summed E-state index contributed by atoms with van der Waals surface area (Å²) in [4.78, 5) is 14.5. The number of ether oxygens (including phenoxy) is 1. The lowest BCUT2D eigenvalue weighted by Crippen LogP contribution is -2.28. The van der Waals surface area contributed by atoms with Gasteiger partial charge >= 0.3 is 0 Å². The van der Waals surface area contributed by atoms with Crippen molar-refractivity contribution >= 4 is 29.1 Å². The molecule has 1 heterocycles.